The number of Topliss-reactive ketones (excluding diaryl/α,β-unsaturated/α-hetero) is 5. The molecule has 19 heavy (non-hydrogen) atoms. The van der Waals surface area contributed by atoms with Crippen molar-refractivity contribution in [2.24, 2.45) is 0 Å². The molecule has 5 nitrogen and oxygen atoms in total. The summed E-state index contributed by atoms with van der Waals surface area (Å²) in [5.74, 6) is -0.935. The van der Waals surface area contributed by atoms with Crippen LogP contribution in [-0.2, 0) is 24.0 Å². The van der Waals surface area contributed by atoms with E-state index in [0.29, 0.717) is 0 Å². The van der Waals surface area contributed by atoms with Crippen molar-refractivity contribution in [1.29, 1.82) is 0 Å². The van der Waals surface area contributed by atoms with Crippen molar-refractivity contribution in [3.8, 4) is 0 Å². The van der Waals surface area contributed by atoms with Gasteiger partial charge in [0.05, 0.1) is 6.42 Å². The van der Waals surface area contributed by atoms with Gasteiger partial charge in [0.15, 0.2) is 0 Å². The highest BCUT2D eigenvalue weighted by atomic mass is 16.2. The van der Waals surface area contributed by atoms with Crippen molar-refractivity contribution < 1.29 is 24.0 Å². The lowest BCUT2D eigenvalue weighted by atomic mass is 9.98. The average Bonchev–Trinajstić information content (AvgIpc) is 2.37. The molecule has 104 valence electrons. The summed E-state index contributed by atoms with van der Waals surface area (Å²) >= 11 is 0. The van der Waals surface area contributed by atoms with Crippen molar-refractivity contribution in [3.05, 3.63) is 0 Å². The van der Waals surface area contributed by atoms with E-state index in [1.54, 1.807) is 0 Å². The van der Waals surface area contributed by atoms with Crippen LogP contribution < -0.4 is 0 Å². The Morgan fingerprint density at radius 1 is 0.368 bits per heavy atom. The molecule has 1 aliphatic rings. The quantitative estimate of drug-likeness (QED) is 0.618. The summed E-state index contributed by atoms with van der Waals surface area (Å²) < 4.78 is 0. The van der Waals surface area contributed by atoms with Crippen LogP contribution in [-0.4, -0.2) is 28.9 Å². The zero-order valence-electron chi connectivity index (χ0n) is 10.9. The van der Waals surface area contributed by atoms with Crippen LogP contribution in [0.1, 0.15) is 57.8 Å². The molecule has 1 fully saturated rings. The van der Waals surface area contributed by atoms with Crippen LogP contribution in [0.3, 0.4) is 0 Å². The highest BCUT2D eigenvalue weighted by Crippen LogP contribution is 2.09. The first-order valence-corrected chi connectivity index (χ1v) is 6.56. The van der Waals surface area contributed by atoms with Gasteiger partial charge >= 0.3 is 0 Å². The molecule has 0 aromatic carbocycles. The van der Waals surface area contributed by atoms with Crippen LogP contribution in [0.2, 0.25) is 0 Å². The van der Waals surface area contributed by atoms with Crippen molar-refractivity contribution in [2.75, 3.05) is 0 Å². The molecule has 1 aliphatic carbocycles. The minimum absolute atomic E-state index is 0.0483. The van der Waals surface area contributed by atoms with E-state index < -0.39 is 0 Å². The van der Waals surface area contributed by atoms with Crippen molar-refractivity contribution in [1.82, 2.24) is 0 Å². The Morgan fingerprint density at radius 2 is 0.579 bits per heavy atom. The smallest absolute Gasteiger partial charge is 0.140 e. The zero-order valence-corrected chi connectivity index (χ0v) is 10.9. The molecule has 1 saturated carbocycles. The first kappa shape index (κ1) is 15.4. The minimum Gasteiger partial charge on any atom is -0.300 e. The molecule has 0 saturated heterocycles. The SMILES string of the molecule is O=C1CCC(=O)CCC(=O)CC(=O)CCC(=O)CC1. The summed E-state index contributed by atoms with van der Waals surface area (Å²) in [4.78, 5) is 57.2. The number of ketones is 5. The molecule has 0 aliphatic heterocycles. The largest absolute Gasteiger partial charge is 0.300 e. The van der Waals surface area contributed by atoms with E-state index in [0.717, 1.165) is 0 Å². The van der Waals surface area contributed by atoms with Gasteiger partial charge in [-0.15, -0.1) is 0 Å². The molecule has 0 bridgehead atoms. The van der Waals surface area contributed by atoms with E-state index in [1.165, 1.54) is 0 Å². The number of hydrogen-bond acceptors (Lipinski definition) is 5. The van der Waals surface area contributed by atoms with Gasteiger partial charge in [-0.05, 0) is 0 Å². The Hall–Kier alpha value is -1.65. The second-order valence-corrected chi connectivity index (χ2v) is 4.87. The molecule has 0 amide bonds. The van der Waals surface area contributed by atoms with Crippen LogP contribution in [0.15, 0.2) is 0 Å². The molecule has 0 aromatic heterocycles. The lowest BCUT2D eigenvalue weighted by Crippen LogP contribution is -2.14. The average molecular weight is 266 g/mol. The maximum atomic E-state index is 11.4. The predicted molar refractivity (Wildman–Crippen MR) is 66.6 cm³/mol. The van der Waals surface area contributed by atoms with Crippen LogP contribution in [0.5, 0.6) is 0 Å². The second-order valence-electron chi connectivity index (χ2n) is 4.87. The molecule has 0 heterocycles. The second kappa shape index (κ2) is 7.71. The summed E-state index contributed by atoms with van der Waals surface area (Å²) in [5, 5.41) is 0. The monoisotopic (exact) mass is 266 g/mol. The third-order valence-electron chi connectivity index (χ3n) is 3.13. The van der Waals surface area contributed by atoms with Crippen LogP contribution in [0, 0.1) is 0 Å². The standard InChI is InChI=1S/C14H18O5/c15-10-1-3-11(16)5-7-13(18)9-14(19)8-6-12(17)4-2-10/h1-9H2. The molecule has 0 spiro atoms. The lowest BCUT2D eigenvalue weighted by Gasteiger charge is -2.04. The number of carbonyl (C=O) groups is 5. The van der Waals surface area contributed by atoms with E-state index in [4.69, 9.17) is 0 Å². The Balaban J connectivity index is 2.58. The van der Waals surface area contributed by atoms with E-state index in [-0.39, 0.29) is 86.7 Å². The molecule has 0 aromatic rings. The van der Waals surface area contributed by atoms with Gasteiger partial charge in [-0.2, -0.15) is 0 Å². The van der Waals surface area contributed by atoms with Gasteiger partial charge in [-0.25, -0.2) is 0 Å². The van der Waals surface area contributed by atoms with Crippen molar-refractivity contribution in [3.63, 3.8) is 0 Å². The molecule has 1 rings (SSSR count). The summed E-state index contributed by atoms with van der Waals surface area (Å²) in [6, 6.07) is 0. The maximum Gasteiger partial charge on any atom is 0.140 e. The maximum absolute atomic E-state index is 11.4. The Bertz CT molecular complexity index is 372. The summed E-state index contributed by atoms with van der Waals surface area (Å²) in [6.45, 7) is 0. The molecular formula is C14H18O5. The van der Waals surface area contributed by atoms with Crippen LogP contribution in [0.25, 0.3) is 0 Å². The minimum atomic E-state index is -0.269. The highest BCUT2D eigenvalue weighted by Gasteiger charge is 2.16. The lowest BCUT2D eigenvalue weighted by molar-refractivity contribution is -0.131. The van der Waals surface area contributed by atoms with E-state index in [2.05, 4.69) is 0 Å². The highest BCUT2D eigenvalue weighted by molar-refractivity contribution is 6.01. The van der Waals surface area contributed by atoms with Gasteiger partial charge in [0.1, 0.15) is 28.9 Å². The molecule has 0 radical (unpaired) electrons. The van der Waals surface area contributed by atoms with E-state index >= 15 is 0 Å². The molecule has 5 heteroatoms. The summed E-state index contributed by atoms with van der Waals surface area (Å²) in [7, 11) is 0. The Kier molecular flexibility index (Phi) is 6.25. The fourth-order valence-corrected chi connectivity index (χ4v) is 1.89. The topological polar surface area (TPSA) is 85.3 Å². The van der Waals surface area contributed by atoms with Gasteiger partial charge in [0.25, 0.3) is 0 Å². The zero-order chi connectivity index (χ0) is 14.3. The van der Waals surface area contributed by atoms with Gasteiger partial charge in [-0.3, -0.25) is 24.0 Å². The third-order valence-corrected chi connectivity index (χ3v) is 3.13. The summed E-state index contributed by atoms with van der Waals surface area (Å²) in [5.41, 5.74) is 0. The van der Waals surface area contributed by atoms with E-state index in [1.807, 2.05) is 0 Å². The first-order chi connectivity index (χ1) is 8.97. The van der Waals surface area contributed by atoms with Crippen LogP contribution >= 0.6 is 0 Å². The fraction of sp³-hybridized carbons (Fsp3) is 0.643. The third kappa shape index (κ3) is 6.74. The molecule has 0 N–H and O–H groups in total. The number of carbonyl (C=O) groups excluding carboxylic acids is 5. The number of hydrogen-bond donors (Lipinski definition) is 0. The van der Waals surface area contributed by atoms with E-state index in [9.17, 15) is 24.0 Å². The first-order valence-electron chi connectivity index (χ1n) is 6.56. The van der Waals surface area contributed by atoms with Gasteiger partial charge in [0, 0.05) is 51.4 Å². The van der Waals surface area contributed by atoms with Crippen molar-refractivity contribution in [2.45, 2.75) is 57.8 Å². The Morgan fingerprint density at radius 3 is 0.842 bits per heavy atom. The number of rotatable bonds is 0. The predicted octanol–water partition coefficient (Wildman–Crippen LogP) is 1.36. The van der Waals surface area contributed by atoms with Crippen LogP contribution in [0.4, 0.5) is 0 Å². The van der Waals surface area contributed by atoms with Crippen molar-refractivity contribution >= 4 is 28.9 Å². The molecule has 0 atom stereocenters. The Labute approximate surface area is 111 Å². The molecule has 0 unspecified atom stereocenters. The van der Waals surface area contributed by atoms with Gasteiger partial charge in [-0.1, -0.05) is 0 Å². The summed E-state index contributed by atoms with van der Waals surface area (Å²) in [6.07, 6.45) is 0.608. The normalized spacial score (nSPS) is 21.4. The van der Waals surface area contributed by atoms with Gasteiger partial charge < -0.3 is 0 Å². The fourth-order valence-electron chi connectivity index (χ4n) is 1.89. The molecular weight excluding hydrogens is 248 g/mol. The van der Waals surface area contributed by atoms with Gasteiger partial charge in [0.2, 0.25) is 0 Å².